The van der Waals surface area contributed by atoms with E-state index >= 15 is 0 Å². The Kier molecular flexibility index (Phi) is 2.49. The quantitative estimate of drug-likeness (QED) is 0.690. The highest BCUT2D eigenvalue weighted by atomic mass is 16.5. The topological polar surface area (TPSA) is 36.3 Å². The van der Waals surface area contributed by atoms with Crippen LogP contribution >= 0.6 is 0 Å². The molecule has 0 radical (unpaired) electrons. The molecule has 2 heterocycles. The second kappa shape index (κ2) is 3.79. The van der Waals surface area contributed by atoms with Crippen LogP contribution in [0.15, 0.2) is 12.4 Å². The maximum atomic E-state index is 5.38. The van der Waals surface area contributed by atoms with Crippen molar-refractivity contribution in [1.82, 2.24) is 9.78 Å². The van der Waals surface area contributed by atoms with Gasteiger partial charge in [-0.05, 0) is 12.8 Å². The van der Waals surface area contributed by atoms with Gasteiger partial charge in [0, 0.05) is 6.61 Å². The van der Waals surface area contributed by atoms with Gasteiger partial charge in [0.25, 0.3) is 0 Å². The number of hydrogen-bond donors (Lipinski definition) is 0. The minimum Gasteiger partial charge on any atom is -0.493 e. The average molecular weight is 182 g/mol. The molecule has 0 N–H and O–H groups in total. The second-order valence-corrected chi connectivity index (χ2v) is 3.23. The number of hydrogen-bond acceptors (Lipinski definition) is 3. The largest absolute Gasteiger partial charge is 0.493 e. The van der Waals surface area contributed by atoms with Crippen molar-refractivity contribution in [2.75, 3.05) is 20.3 Å². The third-order valence-corrected chi connectivity index (χ3v) is 2.32. The molecular weight excluding hydrogens is 168 g/mol. The van der Waals surface area contributed by atoms with E-state index in [1.807, 2.05) is 10.9 Å². The van der Waals surface area contributed by atoms with Gasteiger partial charge in [0.1, 0.15) is 0 Å². The molecule has 0 aliphatic carbocycles. The number of ether oxygens (including phenoxy) is 2. The molecule has 13 heavy (non-hydrogen) atoms. The molecular formula is C9H14N2O2. The highest BCUT2D eigenvalue weighted by molar-refractivity contribution is 5.11. The van der Waals surface area contributed by atoms with Crippen LogP contribution in [0.4, 0.5) is 0 Å². The third-order valence-electron chi connectivity index (χ3n) is 2.32. The minimum atomic E-state index is 0.387. The fourth-order valence-corrected chi connectivity index (χ4v) is 1.56. The molecule has 0 bridgehead atoms. The molecule has 4 nitrogen and oxygen atoms in total. The highest BCUT2D eigenvalue weighted by Crippen LogP contribution is 2.20. The van der Waals surface area contributed by atoms with Gasteiger partial charge >= 0.3 is 0 Å². The lowest BCUT2D eigenvalue weighted by molar-refractivity contribution is 0.0549. The summed E-state index contributed by atoms with van der Waals surface area (Å²) >= 11 is 0. The van der Waals surface area contributed by atoms with Crippen LogP contribution in [-0.4, -0.2) is 30.1 Å². The fourth-order valence-electron chi connectivity index (χ4n) is 1.56. The summed E-state index contributed by atoms with van der Waals surface area (Å²) in [6.07, 6.45) is 5.91. The lowest BCUT2D eigenvalue weighted by atomic mass is 10.1. The molecule has 1 saturated heterocycles. The summed E-state index contributed by atoms with van der Waals surface area (Å²) in [6.45, 7) is 1.65. The van der Waals surface area contributed by atoms with E-state index < -0.39 is 0 Å². The smallest absolute Gasteiger partial charge is 0.156 e. The minimum absolute atomic E-state index is 0.387. The Morgan fingerprint density at radius 3 is 3.23 bits per heavy atom. The van der Waals surface area contributed by atoms with Crippen molar-refractivity contribution in [1.29, 1.82) is 0 Å². The zero-order chi connectivity index (χ0) is 9.10. The number of methoxy groups -OCH3 is 1. The number of rotatable bonds is 2. The van der Waals surface area contributed by atoms with Crippen molar-refractivity contribution in [2.24, 2.45) is 0 Å². The lowest BCUT2D eigenvalue weighted by Crippen LogP contribution is -2.21. The Labute approximate surface area is 77.4 Å². The Morgan fingerprint density at radius 2 is 2.62 bits per heavy atom. The SMILES string of the molecule is COc1cnn(C2CCCOC2)c1. The van der Waals surface area contributed by atoms with Crippen LogP contribution in [0.5, 0.6) is 5.75 Å². The zero-order valence-electron chi connectivity index (χ0n) is 7.77. The van der Waals surface area contributed by atoms with E-state index in [1.165, 1.54) is 0 Å². The molecule has 2 rings (SSSR count). The van der Waals surface area contributed by atoms with Gasteiger partial charge in [-0.15, -0.1) is 0 Å². The van der Waals surface area contributed by atoms with Crippen LogP contribution in [0.25, 0.3) is 0 Å². The van der Waals surface area contributed by atoms with Crippen molar-refractivity contribution in [3.05, 3.63) is 12.4 Å². The lowest BCUT2D eigenvalue weighted by Gasteiger charge is -2.21. The maximum absolute atomic E-state index is 5.38. The van der Waals surface area contributed by atoms with Crippen LogP contribution in [-0.2, 0) is 4.74 Å². The summed E-state index contributed by atoms with van der Waals surface area (Å²) in [5.41, 5.74) is 0. The van der Waals surface area contributed by atoms with E-state index in [-0.39, 0.29) is 0 Å². The highest BCUT2D eigenvalue weighted by Gasteiger charge is 2.16. The van der Waals surface area contributed by atoms with E-state index in [9.17, 15) is 0 Å². The van der Waals surface area contributed by atoms with Crippen LogP contribution in [0.1, 0.15) is 18.9 Å². The molecule has 1 aliphatic heterocycles. The monoisotopic (exact) mass is 182 g/mol. The molecule has 0 aromatic carbocycles. The van der Waals surface area contributed by atoms with E-state index in [1.54, 1.807) is 13.3 Å². The van der Waals surface area contributed by atoms with Gasteiger partial charge in [0.15, 0.2) is 5.75 Å². The normalized spacial score (nSPS) is 23.0. The molecule has 1 unspecified atom stereocenters. The first-order chi connectivity index (χ1) is 6.40. The van der Waals surface area contributed by atoms with E-state index in [4.69, 9.17) is 9.47 Å². The third kappa shape index (κ3) is 1.83. The molecule has 0 amide bonds. The van der Waals surface area contributed by atoms with E-state index in [0.717, 1.165) is 31.8 Å². The predicted molar refractivity (Wildman–Crippen MR) is 47.9 cm³/mol. The van der Waals surface area contributed by atoms with Crippen molar-refractivity contribution in [2.45, 2.75) is 18.9 Å². The van der Waals surface area contributed by atoms with Gasteiger partial charge in [0.05, 0.1) is 32.2 Å². The van der Waals surface area contributed by atoms with Crippen molar-refractivity contribution >= 4 is 0 Å². The predicted octanol–water partition coefficient (Wildman–Crippen LogP) is 1.24. The summed E-state index contributed by atoms with van der Waals surface area (Å²) in [5, 5.41) is 4.22. The van der Waals surface area contributed by atoms with Crippen molar-refractivity contribution in [3.63, 3.8) is 0 Å². The van der Waals surface area contributed by atoms with Crippen LogP contribution in [0, 0.1) is 0 Å². The first-order valence-electron chi connectivity index (χ1n) is 4.56. The fraction of sp³-hybridized carbons (Fsp3) is 0.667. The molecule has 1 aromatic rings. The molecule has 4 heteroatoms. The van der Waals surface area contributed by atoms with Gasteiger partial charge in [-0.3, -0.25) is 4.68 Å². The van der Waals surface area contributed by atoms with Crippen molar-refractivity contribution in [3.8, 4) is 5.75 Å². The summed E-state index contributed by atoms with van der Waals surface area (Å²) in [5.74, 6) is 0.811. The van der Waals surface area contributed by atoms with Crippen LogP contribution in [0.3, 0.4) is 0 Å². The van der Waals surface area contributed by atoms with Gasteiger partial charge in [-0.1, -0.05) is 0 Å². The van der Waals surface area contributed by atoms with Gasteiger partial charge in [0.2, 0.25) is 0 Å². The second-order valence-electron chi connectivity index (χ2n) is 3.23. The van der Waals surface area contributed by atoms with Gasteiger partial charge < -0.3 is 9.47 Å². The number of aromatic nitrogens is 2. The summed E-state index contributed by atoms with van der Waals surface area (Å²) in [7, 11) is 1.65. The molecule has 1 fully saturated rings. The first-order valence-corrected chi connectivity index (χ1v) is 4.56. The molecule has 1 aliphatic rings. The van der Waals surface area contributed by atoms with Crippen LogP contribution in [0.2, 0.25) is 0 Å². The standard InChI is InChI=1S/C9H14N2O2/c1-12-9-5-10-11(6-9)8-3-2-4-13-7-8/h5-6,8H,2-4,7H2,1H3. The molecule has 0 spiro atoms. The molecule has 72 valence electrons. The molecule has 1 atom stereocenters. The molecule has 1 aromatic heterocycles. The Balaban J connectivity index is 2.05. The Morgan fingerprint density at radius 1 is 1.69 bits per heavy atom. The summed E-state index contributed by atoms with van der Waals surface area (Å²) < 4.78 is 12.4. The van der Waals surface area contributed by atoms with Gasteiger partial charge in [-0.2, -0.15) is 5.10 Å². The molecule has 0 saturated carbocycles. The maximum Gasteiger partial charge on any atom is 0.156 e. The van der Waals surface area contributed by atoms with E-state index in [2.05, 4.69) is 5.10 Å². The van der Waals surface area contributed by atoms with Crippen LogP contribution < -0.4 is 4.74 Å². The number of nitrogens with zero attached hydrogens (tertiary/aromatic N) is 2. The van der Waals surface area contributed by atoms with E-state index in [0.29, 0.717) is 6.04 Å². The Hall–Kier alpha value is -1.03. The average Bonchev–Trinajstić information content (AvgIpc) is 2.67. The Bertz CT molecular complexity index is 266. The zero-order valence-corrected chi connectivity index (χ0v) is 7.77. The van der Waals surface area contributed by atoms with Crippen molar-refractivity contribution < 1.29 is 9.47 Å². The summed E-state index contributed by atoms with van der Waals surface area (Å²) in [6, 6.07) is 0.387. The first kappa shape index (κ1) is 8.56. The summed E-state index contributed by atoms with van der Waals surface area (Å²) in [4.78, 5) is 0. The van der Waals surface area contributed by atoms with Gasteiger partial charge in [-0.25, -0.2) is 0 Å².